The fraction of sp³-hybridized carbons (Fsp3) is 0. The average molecular weight is 448 g/mol. The summed E-state index contributed by atoms with van der Waals surface area (Å²) in [6.07, 6.45) is 3.61. The van der Waals surface area contributed by atoms with Gasteiger partial charge in [0.2, 0.25) is 0 Å². The zero-order valence-electron chi connectivity index (χ0n) is 16.1. The molecule has 0 spiro atoms. The molecule has 0 atom stereocenters. The summed E-state index contributed by atoms with van der Waals surface area (Å²) in [6, 6.07) is 19.8. The Morgan fingerprint density at radius 1 is 0.968 bits per heavy atom. The summed E-state index contributed by atoms with van der Waals surface area (Å²) in [5.41, 5.74) is 4.99. The second-order valence-electron chi connectivity index (χ2n) is 6.98. The van der Waals surface area contributed by atoms with Gasteiger partial charge in [-0.25, -0.2) is 8.42 Å². The summed E-state index contributed by atoms with van der Waals surface area (Å²) in [4.78, 5) is 15.7. The second kappa shape index (κ2) is 7.57. The van der Waals surface area contributed by atoms with E-state index >= 15 is 0 Å². The molecule has 3 heterocycles. The van der Waals surface area contributed by atoms with E-state index in [1.54, 1.807) is 41.9 Å². The van der Waals surface area contributed by atoms with Crippen LogP contribution in [-0.2, 0) is 14.8 Å². The molecule has 0 bridgehead atoms. The molecule has 2 aromatic carbocycles. The summed E-state index contributed by atoms with van der Waals surface area (Å²) >= 11 is 1.16. The van der Waals surface area contributed by atoms with Gasteiger partial charge in [-0.3, -0.25) is 9.52 Å². The predicted octanol–water partition coefficient (Wildman–Crippen LogP) is 5.04. The number of anilines is 2. The maximum absolute atomic E-state index is 12.6. The molecule has 0 fully saturated rings. The number of carbonyl (C=O) groups is 1. The van der Waals surface area contributed by atoms with Crippen LogP contribution in [0.4, 0.5) is 11.4 Å². The normalized spacial score (nSPS) is 14.5. The van der Waals surface area contributed by atoms with Crippen LogP contribution in [0.1, 0.15) is 11.3 Å². The zero-order chi connectivity index (χ0) is 21.4. The quantitative estimate of drug-likeness (QED) is 0.375. The molecule has 2 aromatic heterocycles. The van der Waals surface area contributed by atoms with Gasteiger partial charge >= 0.3 is 0 Å². The molecule has 0 saturated carbocycles. The zero-order valence-corrected chi connectivity index (χ0v) is 17.8. The maximum Gasteiger partial charge on any atom is 0.271 e. The van der Waals surface area contributed by atoms with Gasteiger partial charge < -0.3 is 10.3 Å². The van der Waals surface area contributed by atoms with E-state index < -0.39 is 10.0 Å². The van der Waals surface area contributed by atoms with Crippen molar-refractivity contribution in [3.8, 4) is 11.1 Å². The topological polar surface area (TPSA) is 91.1 Å². The minimum Gasteiger partial charge on any atom is -0.362 e. The van der Waals surface area contributed by atoms with Gasteiger partial charge in [-0.05, 0) is 59.0 Å². The lowest BCUT2D eigenvalue weighted by Gasteiger charge is -2.11. The molecule has 4 aromatic rings. The number of nitrogens with one attached hydrogen (secondary N) is 3. The maximum atomic E-state index is 12.6. The van der Waals surface area contributed by atoms with Crippen molar-refractivity contribution in [3.05, 3.63) is 89.6 Å². The van der Waals surface area contributed by atoms with Crippen molar-refractivity contribution >= 4 is 50.3 Å². The lowest BCUT2D eigenvalue weighted by molar-refractivity contribution is -0.110. The van der Waals surface area contributed by atoms with Gasteiger partial charge in [0.05, 0.1) is 5.57 Å². The molecular weight excluding hydrogens is 430 g/mol. The number of amides is 1. The minimum atomic E-state index is -3.65. The van der Waals surface area contributed by atoms with E-state index in [9.17, 15) is 13.2 Å². The summed E-state index contributed by atoms with van der Waals surface area (Å²) < 4.78 is 28.1. The third-order valence-corrected chi connectivity index (χ3v) is 7.71. The second-order valence-corrected chi connectivity index (χ2v) is 9.84. The number of carbonyl (C=O) groups excluding carboxylic acids is 1. The van der Waals surface area contributed by atoms with Crippen molar-refractivity contribution in [2.45, 2.75) is 4.21 Å². The number of sulfonamides is 1. The van der Waals surface area contributed by atoms with E-state index in [-0.39, 0.29) is 10.1 Å². The number of benzene rings is 2. The molecule has 154 valence electrons. The van der Waals surface area contributed by atoms with Gasteiger partial charge in [0.15, 0.2) is 0 Å². The Hall–Kier alpha value is -3.62. The molecule has 5 rings (SSSR count). The number of aromatic nitrogens is 1. The van der Waals surface area contributed by atoms with Crippen molar-refractivity contribution in [3.63, 3.8) is 0 Å². The van der Waals surface area contributed by atoms with Crippen molar-refractivity contribution in [1.29, 1.82) is 0 Å². The van der Waals surface area contributed by atoms with Gasteiger partial charge in [0.1, 0.15) is 4.21 Å². The molecular formula is C23H17N3O3S2. The van der Waals surface area contributed by atoms with Crippen LogP contribution < -0.4 is 10.0 Å². The SMILES string of the molecule is O=C1Nc2cccc(-c3cccc(NS(=O)(=O)c4cccs4)c3)c2/C1=C/c1ccc[nH]1. The molecule has 0 saturated heterocycles. The first-order valence-corrected chi connectivity index (χ1v) is 11.8. The van der Waals surface area contributed by atoms with E-state index in [1.165, 1.54) is 0 Å². The lowest BCUT2D eigenvalue weighted by Crippen LogP contribution is -2.11. The fourth-order valence-corrected chi connectivity index (χ4v) is 5.63. The van der Waals surface area contributed by atoms with E-state index in [0.29, 0.717) is 11.3 Å². The first-order valence-electron chi connectivity index (χ1n) is 9.48. The van der Waals surface area contributed by atoms with Crippen molar-refractivity contribution < 1.29 is 13.2 Å². The lowest BCUT2D eigenvalue weighted by atomic mass is 9.94. The molecule has 0 aliphatic carbocycles. The highest BCUT2D eigenvalue weighted by atomic mass is 32.2. The predicted molar refractivity (Wildman–Crippen MR) is 124 cm³/mol. The average Bonchev–Trinajstić information content (AvgIpc) is 3.50. The molecule has 0 radical (unpaired) electrons. The molecule has 0 unspecified atom stereocenters. The van der Waals surface area contributed by atoms with Gasteiger partial charge in [-0.1, -0.05) is 30.3 Å². The Balaban J connectivity index is 1.57. The van der Waals surface area contributed by atoms with Crippen LogP contribution in [0.15, 0.2) is 82.5 Å². The van der Waals surface area contributed by atoms with Crippen LogP contribution in [0, 0.1) is 0 Å². The number of H-pyrrole nitrogens is 1. The van der Waals surface area contributed by atoms with Gasteiger partial charge in [0.25, 0.3) is 15.9 Å². The highest BCUT2D eigenvalue weighted by Crippen LogP contribution is 2.40. The number of thiophene rings is 1. The Bertz CT molecular complexity index is 1400. The van der Waals surface area contributed by atoms with Crippen LogP contribution in [0.25, 0.3) is 22.8 Å². The number of fused-ring (bicyclic) bond motifs is 1. The summed E-state index contributed by atoms with van der Waals surface area (Å²) in [5.74, 6) is -0.174. The fourth-order valence-electron chi connectivity index (χ4n) is 3.59. The standard InChI is InChI=1S/C23H17N3O3S2/c27-23-19(14-16-7-3-11-24-16)22-18(8-2-9-20(22)25-23)15-5-1-6-17(13-15)26-31(28,29)21-10-4-12-30-21/h1-14,24,26H,(H,25,27)/b19-14-. The van der Waals surface area contributed by atoms with Gasteiger partial charge in [0, 0.05) is 28.8 Å². The minimum absolute atomic E-state index is 0.174. The van der Waals surface area contributed by atoms with Crippen LogP contribution in [0.2, 0.25) is 0 Å². The van der Waals surface area contributed by atoms with Crippen molar-refractivity contribution in [2.75, 3.05) is 10.0 Å². The molecule has 1 aliphatic rings. The Morgan fingerprint density at radius 3 is 2.61 bits per heavy atom. The monoisotopic (exact) mass is 447 g/mol. The van der Waals surface area contributed by atoms with Crippen LogP contribution >= 0.6 is 11.3 Å². The molecule has 1 aliphatic heterocycles. The number of hydrogen-bond donors (Lipinski definition) is 3. The van der Waals surface area contributed by atoms with Crippen LogP contribution in [-0.4, -0.2) is 19.3 Å². The third-order valence-electron chi connectivity index (χ3n) is 4.93. The van der Waals surface area contributed by atoms with E-state index in [0.717, 1.165) is 39.4 Å². The third kappa shape index (κ3) is 3.67. The van der Waals surface area contributed by atoms with Crippen LogP contribution in [0.3, 0.4) is 0 Å². The first-order chi connectivity index (χ1) is 15.0. The molecule has 8 heteroatoms. The van der Waals surface area contributed by atoms with E-state index in [4.69, 9.17) is 0 Å². The number of aromatic amines is 1. The summed E-state index contributed by atoms with van der Waals surface area (Å²) in [6.45, 7) is 0. The van der Waals surface area contributed by atoms with E-state index in [1.807, 2.05) is 42.5 Å². The highest BCUT2D eigenvalue weighted by Gasteiger charge is 2.27. The number of hydrogen-bond acceptors (Lipinski definition) is 4. The largest absolute Gasteiger partial charge is 0.362 e. The van der Waals surface area contributed by atoms with Gasteiger partial charge in [-0.2, -0.15) is 0 Å². The van der Waals surface area contributed by atoms with Crippen molar-refractivity contribution in [2.24, 2.45) is 0 Å². The Labute approximate surface area is 183 Å². The Kier molecular flexibility index (Phi) is 4.72. The number of rotatable bonds is 5. The first kappa shape index (κ1) is 19.3. The van der Waals surface area contributed by atoms with Crippen LogP contribution in [0.5, 0.6) is 0 Å². The van der Waals surface area contributed by atoms with E-state index in [2.05, 4.69) is 15.0 Å². The molecule has 1 amide bonds. The highest BCUT2D eigenvalue weighted by molar-refractivity contribution is 7.94. The smallest absolute Gasteiger partial charge is 0.271 e. The van der Waals surface area contributed by atoms with Gasteiger partial charge in [-0.15, -0.1) is 11.3 Å². The Morgan fingerprint density at radius 2 is 1.84 bits per heavy atom. The molecule has 3 N–H and O–H groups in total. The molecule has 6 nitrogen and oxygen atoms in total. The molecule has 31 heavy (non-hydrogen) atoms. The summed E-state index contributed by atoms with van der Waals surface area (Å²) in [7, 11) is -3.65. The summed E-state index contributed by atoms with van der Waals surface area (Å²) in [5, 5.41) is 4.63. The van der Waals surface area contributed by atoms with Crippen molar-refractivity contribution in [1.82, 2.24) is 4.98 Å².